The molecule has 3 heteroatoms. The van der Waals surface area contributed by atoms with Crippen molar-refractivity contribution in [3.05, 3.63) is 29.8 Å². The fourth-order valence-electron chi connectivity index (χ4n) is 1.38. The summed E-state index contributed by atoms with van der Waals surface area (Å²) in [6, 6.07) is 7.36. The van der Waals surface area contributed by atoms with E-state index in [4.69, 9.17) is 4.74 Å². The van der Waals surface area contributed by atoms with E-state index in [1.54, 1.807) is 6.07 Å². The van der Waals surface area contributed by atoms with Crippen molar-refractivity contribution < 1.29 is 9.53 Å². The van der Waals surface area contributed by atoms with Crippen LogP contribution < -0.4 is 10.1 Å². The van der Waals surface area contributed by atoms with Gasteiger partial charge in [0.25, 0.3) is 5.91 Å². The summed E-state index contributed by atoms with van der Waals surface area (Å²) in [5, 5.41) is 2.90. The number of benzene rings is 1. The van der Waals surface area contributed by atoms with Gasteiger partial charge in [0, 0.05) is 6.54 Å². The second kappa shape index (κ2) is 6.94. The van der Waals surface area contributed by atoms with E-state index in [2.05, 4.69) is 19.2 Å². The molecule has 0 fully saturated rings. The highest BCUT2D eigenvalue weighted by Crippen LogP contribution is 2.17. The van der Waals surface area contributed by atoms with E-state index in [1.165, 1.54) is 0 Å². The molecule has 0 aliphatic rings. The summed E-state index contributed by atoms with van der Waals surface area (Å²) in [5.74, 6) is 1.05. The van der Waals surface area contributed by atoms with E-state index in [0.717, 1.165) is 6.42 Å². The summed E-state index contributed by atoms with van der Waals surface area (Å²) < 4.78 is 5.55. The van der Waals surface area contributed by atoms with Crippen molar-refractivity contribution in [2.45, 2.75) is 27.2 Å². The Morgan fingerprint density at radius 1 is 1.35 bits per heavy atom. The Balaban J connectivity index is 2.70. The van der Waals surface area contributed by atoms with E-state index < -0.39 is 0 Å². The molecule has 1 rings (SSSR count). The van der Waals surface area contributed by atoms with Gasteiger partial charge in [-0.3, -0.25) is 4.79 Å². The third-order valence-corrected chi connectivity index (χ3v) is 2.26. The lowest BCUT2D eigenvalue weighted by Gasteiger charge is -2.12. The van der Waals surface area contributed by atoms with Gasteiger partial charge in [0.15, 0.2) is 0 Å². The van der Waals surface area contributed by atoms with E-state index in [-0.39, 0.29) is 5.91 Å². The van der Waals surface area contributed by atoms with Gasteiger partial charge in [-0.2, -0.15) is 0 Å². The van der Waals surface area contributed by atoms with Gasteiger partial charge in [-0.15, -0.1) is 0 Å². The van der Waals surface area contributed by atoms with Gasteiger partial charge in [0.2, 0.25) is 0 Å². The first-order valence-corrected chi connectivity index (χ1v) is 6.15. The smallest absolute Gasteiger partial charge is 0.255 e. The summed E-state index contributed by atoms with van der Waals surface area (Å²) >= 11 is 0. The highest BCUT2D eigenvalue weighted by atomic mass is 16.5. The van der Waals surface area contributed by atoms with Gasteiger partial charge in [-0.05, 0) is 24.5 Å². The number of carbonyl (C=O) groups is 1. The summed E-state index contributed by atoms with van der Waals surface area (Å²) in [4.78, 5) is 11.9. The van der Waals surface area contributed by atoms with Crippen LogP contribution in [0.15, 0.2) is 24.3 Å². The molecule has 3 nitrogen and oxygen atoms in total. The van der Waals surface area contributed by atoms with Crippen LogP contribution in [-0.2, 0) is 0 Å². The fourth-order valence-corrected chi connectivity index (χ4v) is 1.38. The number of nitrogens with one attached hydrogen (secondary N) is 1. The minimum Gasteiger partial charge on any atom is -0.493 e. The first kappa shape index (κ1) is 13.6. The molecule has 0 unspecified atom stereocenters. The number of hydrogen-bond donors (Lipinski definition) is 1. The van der Waals surface area contributed by atoms with Crippen molar-refractivity contribution in [3.8, 4) is 5.75 Å². The first-order chi connectivity index (χ1) is 8.15. The molecule has 17 heavy (non-hydrogen) atoms. The zero-order chi connectivity index (χ0) is 12.7. The molecule has 1 N–H and O–H groups in total. The van der Waals surface area contributed by atoms with Crippen LogP contribution in [0.5, 0.6) is 5.75 Å². The fraction of sp³-hybridized carbons (Fsp3) is 0.500. The van der Waals surface area contributed by atoms with E-state index in [9.17, 15) is 4.79 Å². The van der Waals surface area contributed by atoms with Crippen LogP contribution in [0.1, 0.15) is 37.6 Å². The minimum absolute atomic E-state index is 0.0644. The Hall–Kier alpha value is -1.51. The number of ether oxygens (including phenoxy) is 1. The number of amides is 1. The van der Waals surface area contributed by atoms with Crippen molar-refractivity contribution in [3.63, 3.8) is 0 Å². The monoisotopic (exact) mass is 235 g/mol. The highest BCUT2D eigenvalue weighted by molar-refractivity contribution is 5.96. The number of para-hydroxylation sites is 1. The molecule has 0 aliphatic carbocycles. The summed E-state index contributed by atoms with van der Waals surface area (Å²) in [7, 11) is 0. The molecule has 94 valence electrons. The summed E-state index contributed by atoms with van der Waals surface area (Å²) in [5.41, 5.74) is 0.613. The average Bonchev–Trinajstić information content (AvgIpc) is 2.33. The van der Waals surface area contributed by atoms with E-state index in [1.807, 2.05) is 25.1 Å². The molecule has 0 spiro atoms. The molecule has 0 radical (unpaired) electrons. The topological polar surface area (TPSA) is 38.3 Å². The largest absolute Gasteiger partial charge is 0.493 e. The van der Waals surface area contributed by atoms with Crippen LogP contribution in [0.4, 0.5) is 0 Å². The number of rotatable bonds is 6. The van der Waals surface area contributed by atoms with Crippen molar-refractivity contribution in [1.29, 1.82) is 0 Å². The zero-order valence-corrected chi connectivity index (χ0v) is 10.8. The average molecular weight is 235 g/mol. The van der Waals surface area contributed by atoms with Crippen LogP contribution in [0, 0.1) is 5.92 Å². The molecular weight excluding hydrogens is 214 g/mol. The minimum atomic E-state index is -0.0644. The maximum atomic E-state index is 11.9. The molecule has 0 bridgehead atoms. The molecule has 1 amide bonds. The molecular formula is C14H21NO2. The number of carbonyl (C=O) groups excluding carboxylic acids is 1. The second-order valence-electron chi connectivity index (χ2n) is 4.45. The standard InChI is InChI=1S/C14H21NO2/c1-4-9-17-13-8-6-5-7-12(13)14(16)15-10-11(2)3/h5-8,11H,4,9-10H2,1-3H3,(H,15,16). The summed E-state index contributed by atoms with van der Waals surface area (Å²) in [6.07, 6.45) is 0.932. The van der Waals surface area contributed by atoms with E-state index >= 15 is 0 Å². The maximum absolute atomic E-state index is 11.9. The Labute approximate surface area is 103 Å². The van der Waals surface area contributed by atoms with Crippen molar-refractivity contribution in [1.82, 2.24) is 5.32 Å². The predicted molar refractivity (Wildman–Crippen MR) is 69.4 cm³/mol. The quantitative estimate of drug-likeness (QED) is 0.823. The second-order valence-corrected chi connectivity index (χ2v) is 4.45. The van der Waals surface area contributed by atoms with Crippen molar-refractivity contribution in [2.75, 3.05) is 13.2 Å². The van der Waals surface area contributed by atoms with Gasteiger partial charge < -0.3 is 10.1 Å². The molecule has 0 heterocycles. The third-order valence-electron chi connectivity index (χ3n) is 2.26. The van der Waals surface area contributed by atoms with Gasteiger partial charge in [0.05, 0.1) is 12.2 Å². The van der Waals surface area contributed by atoms with Crippen LogP contribution in [0.2, 0.25) is 0 Å². The normalized spacial score (nSPS) is 10.4. The van der Waals surface area contributed by atoms with Crippen molar-refractivity contribution in [2.24, 2.45) is 5.92 Å². The lowest BCUT2D eigenvalue weighted by Crippen LogP contribution is -2.27. The Kier molecular flexibility index (Phi) is 5.53. The highest BCUT2D eigenvalue weighted by Gasteiger charge is 2.11. The predicted octanol–water partition coefficient (Wildman–Crippen LogP) is 2.86. The first-order valence-electron chi connectivity index (χ1n) is 6.15. The molecule has 1 aromatic carbocycles. The lowest BCUT2D eigenvalue weighted by atomic mass is 10.1. The SMILES string of the molecule is CCCOc1ccccc1C(=O)NCC(C)C. The van der Waals surface area contributed by atoms with Crippen molar-refractivity contribution >= 4 is 5.91 Å². The molecule has 0 saturated carbocycles. The summed E-state index contributed by atoms with van der Waals surface area (Å²) in [6.45, 7) is 7.50. The van der Waals surface area contributed by atoms with Gasteiger partial charge in [-0.1, -0.05) is 32.9 Å². The van der Waals surface area contributed by atoms with Crippen LogP contribution in [-0.4, -0.2) is 19.1 Å². The Morgan fingerprint density at radius 2 is 2.06 bits per heavy atom. The van der Waals surface area contributed by atoms with Crippen LogP contribution in [0.3, 0.4) is 0 Å². The zero-order valence-electron chi connectivity index (χ0n) is 10.8. The van der Waals surface area contributed by atoms with Gasteiger partial charge in [0.1, 0.15) is 5.75 Å². The van der Waals surface area contributed by atoms with Crippen LogP contribution in [0.25, 0.3) is 0 Å². The molecule has 0 aromatic heterocycles. The molecule has 0 atom stereocenters. The molecule has 1 aromatic rings. The molecule has 0 saturated heterocycles. The maximum Gasteiger partial charge on any atom is 0.255 e. The van der Waals surface area contributed by atoms with Crippen LogP contribution >= 0.6 is 0 Å². The molecule has 0 aliphatic heterocycles. The lowest BCUT2D eigenvalue weighted by molar-refractivity contribution is 0.0945. The Morgan fingerprint density at radius 3 is 2.71 bits per heavy atom. The van der Waals surface area contributed by atoms with Gasteiger partial charge >= 0.3 is 0 Å². The Bertz CT molecular complexity index is 361. The third kappa shape index (κ3) is 4.47. The van der Waals surface area contributed by atoms with Gasteiger partial charge in [-0.25, -0.2) is 0 Å². The number of hydrogen-bond acceptors (Lipinski definition) is 2. The van der Waals surface area contributed by atoms with E-state index in [0.29, 0.717) is 30.4 Å².